The van der Waals surface area contributed by atoms with Gasteiger partial charge in [-0.2, -0.15) is 0 Å². The normalized spacial score (nSPS) is 22.0. The van der Waals surface area contributed by atoms with Crippen LogP contribution in [0.1, 0.15) is 96.9 Å². The van der Waals surface area contributed by atoms with Gasteiger partial charge in [-0.1, -0.05) is 26.0 Å². The molecular formula is C39H55N5O6S2. The maximum absolute atomic E-state index is 12.7. The minimum atomic E-state index is -3.40. The number of carbonyl (C=O) groups is 1. The number of rotatable bonds is 8. The second-order valence-electron chi connectivity index (χ2n) is 15.2. The number of nitriles is 1. The number of sulfonamides is 1. The van der Waals surface area contributed by atoms with Crippen molar-refractivity contribution >= 4 is 31.5 Å². The fourth-order valence-corrected chi connectivity index (χ4v) is 11.5. The van der Waals surface area contributed by atoms with Crippen molar-refractivity contribution in [2.75, 3.05) is 50.3 Å². The van der Waals surface area contributed by atoms with Crippen LogP contribution >= 0.6 is 0 Å². The summed E-state index contributed by atoms with van der Waals surface area (Å²) in [5, 5.41) is 16.0. The monoisotopic (exact) mass is 753 g/mol. The molecular weight excluding hydrogens is 699 g/mol. The highest BCUT2D eigenvalue weighted by Crippen LogP contribution is 2.40. The summed E-state index contributed by atoms with van der Waals surface area (Å²) in [4.78, 5) is 16.9. The van der Waals surface area contributed by atoms with Gasteiger partial charge < -0.3 is 19.9 Å². The van der Waals surface area contributed by atoms with E-state index >= 15 is 0 Å². The summed E-state index contributed by atoms with van der Waals surface area (Å²) in [7, 11) is -6.69. The van der Waals surface area contributed by atoms with Crippen molar-refractivity contribution in [3.05, 3.63) is 56.6 Å². The number of likely N-dealkylation sites (tertiary alicyclic amines) is 2. The Bertz CT molecular complexity index is 1860. The third-order valence-electron chi connectivity index (χ3n) is 12.0. The quantitative estimate of drug-likeness (QED) is 0.380. The Hall–Kier alpha value is -3.02. The first-order valence-corrected chi connectivity index (χ1v) is 22.6. The van der Waals surface area contributed by atoms with Crippen LogP contribution in [0, 0.1) is 11.5 Å². The van der Waals surface area contributed by atoms with Crippen molar-refractivity contribution in [3.63, 3.8) is 0 Å². The van der Waals surface area contributed by atoms with Crippen molar-refractivity contribution in [3.8, 4) is 12.0 Å². The number of fused-ring (bicyclic) bond motifs is 4. The van der Waals surface area contributed by atoms with E-state index in [0.29, 0.717) is 25.9 Å². The highest BCUT2D eigenvalue weighted by molar-refractivity contribution is 7.92. The topological polar surface area (TPSA) is 163 Å². The number of nitrogens with one attached hydrogen (secondary N) is 1. The smallest absolute Gasteiger partial charge is 0.292 e. The first-order chi connectivity index (χ1) is 24.9. The van der Waals surface area contributed by atoms with Gasteiger partial charge in [-0.3, -0.25) is 4.79 Å². The highest BCUT2D eigenvalue weighted by atomic mass is 32.2. The molecule has 52 heavy (non-hydrogen) atoms. The molecule has 2 unspecified atom stereocenters. The fraction of sp³-hybridized carbons (Fsp3) is 0.641. The van der Waals surface area contributed by atoms with Crippen molar-refractivity contribution in [2.24, 2.45) is 5.14 Å². The van der Waals surface area contributed by atoms with Gasteiger partial charge in [-0.15, -0.1) is 5.26 Å². The van der Waals surface area contributed by atoms with Gasteiger partial charge in [-0.05, 0) is 161 Å². The molecule has 2 saturated heterocycles. The van der Waals surface area contributed by atoms with Crippen LogP contribution in [0.3, 0.4) is 0 Å². The van der Waals surface area contributed by atoms with Crippen molar-refractivity contribution in [1.29, 1.82) is 5.26 Å². The van der Waals surface area contributed by atoms with E-state index in [1.165, 1.54) is 57.3 Å². The maximum atomic E-state index is 12.7. The molecule has 0 saturated carbocycles. The molecule has 13 heteroatoms. The van der Waals surface area contributed by atoms with Crippen molar-refractivity contribution < 1.29 is 26.4 Å². The Labute approximate surface area is 310 Å². The summed E-state index contributed by atoms with van der Waals surface area (Å²) in [6.07, 6.45) is 16.4. The summed E-state index contributed by atoms with van der Waals surface area (Å²) in [5.41, 5.74) is 11.6. The molecule has 2 atom stereocenters. The van der Waals surface area contributed by atoms with Gasteiger partial charge in [0.25, 0.3) is 6.26 Å². The van der Waals surface area contributed by atoms with Gasteiger partial charge in [0, 0.05) is 18.8 Å². The van der Waals surface area contributed by atoms with Crippen LogP contribution in [0.5, 0.6) is 5.75 Å². The number of carbonyl (C=O) groups excluding carboxylic acids is 1. The molecule has 284 valence electrons. The van der Waals surface area contributed by atoms with E-state index in [0.717, 1.165) is 102 Å². The average molecular weight is 754 g/mol. The number of primary sulfonamides is 1. The van der Waals surface area contributed by atoms with E-state index in [4.69, 9.17) is 15.1 Å². The fourth-order valence-electron chi connectivity index (χ4n) is 9.11. The van der Waals surface area contributed by atoms with E-state index in [9.17, 15) is 21.6 Å². The molecule has 2 heterocycles. The molecule has 3 N–H and O–H groups in total. The maximum Gasteiger partial charge on any atom is 0.292 e. The Morgan fingerprint density at radius 2 is 1.21 bits per heavy atom. The summed E-state index contributed by atoms with van der Waals surface area (Å²) >= 11 is 0. The zero-order valence-corrected chi connectivity index (χ0v) is 32.5. The minimum absolute atomic E-state index is 0.331. The summed E-state index contributed by atoms with van der Waals surface area (Å²) in [6.45, 7) is 8.66. The zero-order valence-electron chi connectivity index (χ0n) is 30.8. The SMILES string of the molecule is CCN1CCC(S(=O)(=O)CC(=O)Nc2c3c(cc4c2CCC4)CCC3)C1.CCN1CCC(S(N)(=O)=O)C1.N#COc1c2c(cc3c1CCC3)CCC2. The summed E-state index contributed by atoms with van der Waals surface area (Å²) < 4.78 is 52.2. The number of sulfone groups is 1. The molecule has 0 bridgehead atoms. The lowest BCUT2D eigenvalue weighted by atomic mass is 9.98. The Morgan fingerprint density at radius 1 is 0.769 bits per heavy atom. The summed E-state index contributed by atoms with van der Waals surface area (Å²) in [5.74, 6) is 0.141. The van der Waals surface area contributed by atoms with Gasteiger partial charge in [0.15, 0.2) is 9.84 Å². The van der Waals surface area contributed by atoms with Gasteiger partial charge in [0.1, 0.15) is 11.5 Å². The molecule has 4 aliphatic carbocycles. The molecule has 0 aromatic heterocycles. The largest absolute Gasteiger partial charge is 0.387 e. The van der Waals surface area contributed by atoms with E-state index < -0.39 is 30.9 Å². The Kier molecular flexibility index (Phi) is 12.3. The molecule has 2 fully saturated rings. The van der Waals surface area contributed by atoms with E-state index in [2.05, 4.69) is 27.2 Å². The number of hydrogen-bond acceptors (Lipinski definition) is 9. The summed E-state index contributed by atoms with van der Waals surface area (Å²) in [6, 6.07) is 4.66. The van der Waals surface area contributed by atoms with E-state index in [1.807, 2.05) is 20.1 Å². The van der Waals surface area contributed by atoms with Crippen LogP contribution in [0.15, 0.2) is 12.1 Å². The van der Waals surface area contributed by atoms with E-state index in [1.54, 1.807) is 0 Å². The van der Waals surface area contributed by atoms with Crippen LogP contribution in [0.25, 0.3) is 0 Å². The number of aryl methyl sites for hydroxylation is 4. The molecule has 11 nitrogen and oxygen atoms in total. The Morgan fingerprint density at radius 3 is 1.63 bits per heavy atom. The van der Waals surface area contributed by atoms with Crippen molar-refractivity contribution in [1.82, 2.24) is 9.80 Å². The lowest BCUT2D eigenvalue weighted by Gasteiger charge is -2.17. The highest BCUT2D eigenvalue weighted by Gasteiger charge is 2.35. The third-order valence-corrected chi connectivity index (χ3v) is 15.3. The molecule has 0 spiro atoms. The number of ether oxygens (including phenoxy) is 1. The zero-order chi connectivity index (χ0) is 37.0. The molecule has 2 aromatic rings. The first-order valence-electron chi connectivity index (χ1n) is 19.3. The van der Waals surface area contributed by atoms with Crippen LogP contribution in [0.2, 0.25) is 0 Å². The number of nitrogens with two attached hydrogens (primary N) is 1. The lowest BCUT2D eigenvalue weighted by Crippen LogP contribution is -2.33. The molecule has 2 aliphatic heterocycles. The molecule has 6 aliphatic rings. The van der Waals surface area contributed by atoms with Gasteiger partial charge in [0.2, 0.25) is 15.9 Å². The number of amides is 1. The first kappa shape index (κ1) is 38.7. The third kappa shape index (κ3) is 8.68. The number of anilines is 1. The number of hydrogen-bond donors (Lipinski definition) is 2. The van der Waals surface area contributed by atoms with Crippen LogP contribution < -0.4 is 15.2 Å². The standard InChI is InChI=1S/C20H28N2O3S.C13H13NO.C6H14N2O2S/c1-2-22-10-9-16(12-22)26(24,25)13-19(23)21-20-17-7-3-5-14(17)11-15-6-4-8-18(15)20;14-8-15-13-11-5-1-3-9(11)7-10-4-2-6-12(10)13;1-2-8-4-3-6(5-8)11(7,9)10/h11,16H,2-10,12-13H2,1H3,(H,21,23);7H,1-6H2;6H,2-5H2,1H3,(H2,7,9,10). The molecule has 1 amide bonds. The van der Waals surface area contributed by atoms with E-state index in [-0.39, 0.29) is 11.2 Å². The predicted octanol–water partition coefficient (Wildman–Crippen LogP) is 4.00. The van der Waals surface area contributed by atoms with Crippen molar-refractivity contribution in [2.45, 2.75) is 114 Å². The van der Waals surface area contributed by atoms with Crippen LogP contribution in [-0.2, 0) is 76.0 Å². The second kappa shape index (κ2) is 16.6. The van der Waals surface area contributed by atoms with Crippen LogP contribution in [0.4, 0.5) is 5.69 Å². The Balaban J connectivity index is 0.000000150. The molecule has 2 aromatic carbocycles. The average Bonchev–Trinajstić information content (AvgIpc) is 3.96. The van der Waals surface area contributed by atoms with Gasteiger partial charge >= 0.3 is 0 Å². The van der Waals surface area contributed by atoms with Gasteiger partial charge in [0.05, 0.1) is 10.5 Å². The molecule has 0 radical (unpaired) electrons. The van der Waals surface area contributed by atoms with Crippen LogP contribution in [-0.4, -0.2) is 88.1 Å². The predicted molar refractivity (Wildman–Crippen MR) is 204 cm³/mol. The lowest BCUT2D eigenvalue weighted by molar-refractivity contribution is -0.113. The molecule has 8 rings (SSSR count). The number of benzene rings is 2. The minimum Gasteiger partial charge on any atom is -0.387 e. The number of nitrogens with zero attached hydrogens (tertiary/aromatic N) is 3. The second-order valence-corrected chi connectivity index (χ2v) is 19.3. The van der Waals surface area contributed by atoms with Gasteiger partial charge in [-0.25, -0.2) is 22.0 Å².